The number of aromatic nitrogens is 2. The molecule has 4 atom stereocenters. The number of nitrogens with one attached hydrogen (secondary N) is 1. The minimum absolute atomic E-state index is 0.131. The fourth-order valence-electron chi connectivity index (χ4n) is 6.87. The quantitative estimate of drug-likeness (QED) is 0.467. The average molecular weight is 604 g/mol. The van der Waals surface area contributed by atoms with E-state index in [0.29, 0.717) is 49.4 Å². The highest BCUT2D eigenvalue weighted by molar-refractivity contribution is 6.30. The number of rotatable bonds is 5. The van der Waals surface area contributed by atoms with Gasteiger partial charge in [0.25, 0.3) is 5.91 Å². The van der Waals surface area contributed by atoms with E-state index < -0.39 is 29.2 Å². The second-order valence-electron chi connectivity index (χ2n) is 13.5. The first kappa shape index (κ1) is 29.2. The third-order valence-electron chi connectivity index (χ3n) is 9.05. The van der Waals surface area contributed by atoms with E-state index in [4.69, 9.17) is 30.8 Å². The third kappa shape index (κ3) is 4.63. The Morgan fingerprint density at radius 2 is 1.93 bits per heavy atom. The van der Waals surface area contributed by atoms with Crippen LogP contribution < -0.4 is 15.0 Å². The maximum atomic E-state index is 15.8. The Hall–Kier alpha value is -2.92. The monoisotopic (exact) mass is 603 g/mol. The van der Waals surface area contributed by atoms with E-state index in [9.17, 15) is 9.59 Å². The number of piperazine rings is 1. The number of anilines is 1. The van der Waals surface area contributed by atoms with Crippen LogP contribution in [0.25, 0.3) is 10.8 Å². The average Bonchev–Trinajstić information content (AvgIpc) is 3.57. The van der Waals surface area contributed by atoms with Gasteiger partial charge in [0.1, 0.15) is 23.2 Å². The van der Waals surface area contributed by atoms with Gasteiger partial charge in [-0.15, -0.1) is 0 Å². The number of ether oxygens (including phenoxy) is 3. The van der Waals surface area contributed by atoms with E-state index in [-0.39, 0.29) is 45.6 Å². The molecule has 10 nitrogen and oxygen atoms in total. The Morgan fingerprint density at radius 1 is 1.21 bits per heavy atom. The molecule has 1 N–H and O–H groups in total. The Bertz CT molecular complexity index is 1480. The molecule has 0 spiro atoms. The predicted molar refractivity (Wildman–Crippen MR) is 156 cm³/mol. The van der Waals surface area contributed by atoms with E-state index >= 15 is 4.39 Å². The van der Waals surface area contributed by atoms with E-state index in [0.717, 1.165) is 12.8 Å². The number of carbonyl (C=O) groups is 2. The second-order valence-corrected chi connectivity index (χ2v) is 13.8. The smallest absolute Gasteiger partial charge is 0.411 e. The minimum Gasteiger partial charge on any atom is -0.472 e. The standard InChI is InChI=1S/C30H39ClFN5O5/c1-8-40-14-30-10-9-17(37(30)27(39)42-28(4,5)6)22-16(3)41-26-19-18(20(32)23(31)34-26)15(2)21(33-24(19)36(22)13-30)25(38)35-29(7)11-12-29/h16-17,22H,8-14H2,1-7H3,(H,35,38)/t16-,17-,22+,30+/m0/s1. The fraction of sp³-hybridized carbons (Fsp3) is 0.667. The summed E-state index contributed by atoms with van der Waals surface area (Å²) in [4.78, 5) is 40.5. The summed E-state index contributed by atoms with van der Waals surface area (Å²) in [6.07, 6.45) is 2.20. The Labute approximate surface area is 250 Å². The lowest BCUT2D eigenvalue weighted by atomic mass is 9.92. The Balaban J connectivity index is 1.54. The van der Waals surface area contributed by atoms with E-state index in [1.54, 1.807) is 6.92 Å². The number of hydrogen-bond acceptors (Lipinski definition) is 8. The van der Waals surface area contributed by atoms with Crippen molar-refractivity contribution in [1.82, 2.24) is 20.2 Å². The first-order chi connectivity index (χ1) is 19.7. The molecule has 0 unspecified atom stereocenters. The second kappa shape index (κ2) is 9.80. The molecule has 12 heteroatoms. The molecule has 6 rings (SSSR count). The summed E-state index contributed by atoms with van der Waals surface area (Å²) in [6.45, 7) is 14.1. The summed E-state index contributed by atoms with van der Waals surface area (Å²) in [7, 11) is 0. The zero-order valence-corrected chi connectivity index (χ0v) is 26.0. The molecule has 0 radical (unpaired) electrons. The molecular formula is C30H39ClFN5O5. The van der Waals surface area contributed by atoms with E-state index in [1.165, 1.54) is 0 Å². The van der Waals surface area contributed by atoms with Crippen molar-refractivity contribution < 1.29 is 28.2 Å². The van der Waals surface area contributed by atoms with Crippen molar-refractivity contribution in [2.24, 2.45) is 0 Å². The van der Waals surface area contributed by atoms with Crippen LogP contribution in [0, 0.1) is 12.7 Å². The maximum Gasteiger partial charge on any atom is 0.411 e. The van der Waals surface area contributed by atoms with E-state index in [1.807, 2.05) is 46.4 Å². The van der Waals surface area contributed by atoms with Crippen molar-refractivity contribution in [3.05, 3.63) is 22.2 Å². The molecule has 42 heavy (non-hydrogen) atoms. The van der Waals surface area contributed by atoms with Crippen LogP contribution in [0.3, 0.4) is 0 Å². The van der Waals surface area contributed by atoms with Gasteiger partial charge < -0.3 is 24.4 Å². The van der Waals surface area contributed by atoms with Gasteiger partial charge in [0.05, 0.1) is 29.6 Å². The largest absolute Gasteiger partial charge is 0.472 e. The van der Waals surface area contributed by atoms with Gasteiger partial charge in [-0.2, -0.15) is 4.98 Å². The molecular weight excluding hydrogens is 565 g/mol. The number of amides is 2. The van der Waals surface area contributed by atoms with Crippen LogP contribution in [0.1, 0.15) is 83.3 Å². The fourth-order valence-corrected chi connectivity index (χ4v) is 7.04. The lowest BCUT2D eigenvalue weighted by Crippen LogP contribution is -2.71. The van der Waals surface area contributed by atoms with Crippen molar-refractivity contribution in [3.63, 3.8) is 0 Å². The number of fused-ring (bicyclic) bond motifs is 5. The van der Waals surface area contributed by atoms with Crippen LogP contribution in [-0.2, 0) is 9.47 Å². The van der Waals surface area contributed by atoms with Gasteiger partial charge in [-0.25, -0.2) is 14.2 Å². The summed E-state index contributed by atoms with van der Waals surface area (Å²) in [5.41, 5.74) is -1.22. The maximum absolute atomic E-state index is 15.8. The van der Waals surface area contributed by atoms with Gasteiger partial charge in [-0.05, 0) is 79.7 Å². The van der Waals surface area contributed by atoms with Crippen LogP contribution in [0.2, 0.25) is 5.15 Å². The molecule has 2 aromatic rings. The first-order valence-electron chi connectivity index (χ1n) is 14.7. The number of halogens is 2. The molecule has 3 fully saturated rings. The number of nitrogens with zero attached hydrogens (tertiary/aromatic N) is 4. The highest BCUT2D eigenvalue weighted by Gasteiger charge is 2.61. The van der Waals surface area contributed by atoms with Crippen molar-refractivity contribution in [2.75, 3.05) is 24.7 Å². The highest BCUT2D eigenvalue weighted by Crippen LogP contribution is 2.50. The van der Waals surface area contributed by atoms with Crippen LogP contribution in [0.4, 0.5) is 15.0 Å². The van der Waals surface area contributed by atoms with Gasteiger partial charge >= 0.3 is 6.09 Å². The lowest BCUT2D eigenvalue weighted by molar-refractivity contribution is -0.0452. The Morgan fingerprint density at radius 3 is 2.57 bits per heavy atom. The molecule has 2 amide bonds. The van der Waals surface area contributed by atoms with Crippen molar-refractivity contribution in [1.29, 1.82) is 0 Å². The normalized spacial score (nSPS) is 27.3. The van der Waals surface area contributed by atoms with Crippen molar-refractivity contribution in [3.8, 4) is 5.88 Å². The van der Waals surface area contributed by atoms with Crippen molar-refractivity contribution in [2.45, 2.75) is 109 Å². The van der Waals surface area contributed by atoms with Crippen LogP contribution in [0.15, 0.2) is 0 Å². The number of hydrogen-bond donors (Lipinski definition) is 1. The summed E-state index contributed by atoms with van der Waals surface area (Å²) in [5.74, 6) is -0.541. The number of pyridine rings is 2. The predicted octanol–water partition coefficient (Wildman–Crippen LogP) is 5.16. The molecule has 2 bridgehead atoms. The van der Waals surface area contributed by atoms with Crippen molar-refractivity contribution >= 4 is 40.2 Å². The zero-order chi connectivity index (χ0) is 30.4. The molecule has 2 saturated heterocycles. The SMILES string of the molecule is CCOC[C@@]12CC[C@@H]([C@H]3[C@H](C)Oc4nc(Cl)c(F)c5c(C)c(C(=O)NC6(C)CC6)nc(c45)N3C1)N2C(=O)OC(C)(C)C. The van der Waals surface area contributed by atoms with Gasteiger partial charge in [0, 0.05) is 24.1 Å². The summed E-state index contributed by atoms with van der Waals surface area (Å²) < 4.78 is 34.1. The van der Waals surface area contributed by atoms with Crippen LogP contribution in [0.5, 0.6) is 5.88 Å². The first-order valence-corrected chi connectivity index (χ1v) is 15.1. The number of aryl methyl sites for hydroxylation is 1. The molecule has 1 saturated carbocycles. The topological polar surface area (TPSA) is 106 Å². The summed E-state index contributed by atoms with van der Waals surface area (Å²) >= 11 is 6.30. The van der Waals surface area contributed by atoms with Crippen LogP contribution >= 0.6 is 11.6 Å². The minimum atomic E-state index is -0.731. The highest BCUT2D eigenvalue weighted by atomic mass is 35.5. The number of carbonyl (C=O) groups excluding carboxylic acids is 2. The van der Waals surface area contributed by atoms with Gasteiger partial charge in [0.15, 0.2) is 11.0 Å². The molecule has 2 aromatic heterocycles. The third-order valence-corrected chi connectivity index (χ3v) is 9.30. The molecule has 3 aliphatic heterocycles. The molecule has 5 heterocycles. The van der Waals surface area contributed by atoms with Crippen LogP contribution in [-0.4, -0.2) is 81.5 Å². The Kier molecular flexibility index (Phi) is 6.81. The van der Waals surface area contributed by atoms with Gasteiger partial charge in [0.2, 0.25) is 5.88 Å². The lowest BCUT2D eigenvalue weighted by Gasteiger charge is -2.53. The molecule has 0 aromatic carbocycles. The zero-order valence-electron chi connectivity index (χ0n) is 25.3. The summed E-state index contributed by atoms with van der Waals surface area (Å²) in [6, 6.07) is -0.708. The summed E-state index contributed by atoms with van der Waals surface area (Å²) in [5, 5.41) is 3.26. The molecule has 1 aliphatic carbocycles. The molecule has 228 valence electrons. The van der Waals surface area contributed by atoms with Gasteiger partial charge in [-0.3, -0.25) is 9.69 Å². The molecule has 4 aliphatic rings. The van der Waals surface area contributed by atoms with E-state index in [2.05, 4.69) is 15.2 Å². The van der Waals surface area contributed by atoms with Gasteiger partial charge in [-0.1, -0.05) is 11.6 Å².